The number of rotatable bonds is 83. The highest BCUT2D eigenvalue weighted by atomic mass is 31.2. The maximum atomic E-state index is 12.9. The molecule has 101 heavy (non-hydrogen) atoms. The van der Waals surface area contributed by atoms with Crippen LogP contribution >= 0.6 is 7.82 Å². The van der Waals surface area contributed by atoms with Crippen LogP contribution < -0.4 is 4.89 Å². The number of nitrogens with zero attached hydrogens (tertiary/aromatic N) is 1. The first kappa shape index (κ1) is 98.5. The van der Waals surface area contributed by atoms with Crippen molar-refractivity contribution in [3.63, 3.8) is 0 Å². The van der Waals surface area contributed by atoms with Gasteiger partial charge in [0.1, 0.15) is 19.8 Å². The van der Waals surface area contributed by atoms with Crippen molar-refractivity contribution >= 4 is 19.8 Å². The van der Waals surface area contributed by atoms with Gasteiger partial charge in [-0.3, -0.25) is 14.2 Å². The number of quaternary nitrogens is 1. The molecular weight excluding hydrogens is 1270 g/mol. The third kappa shape index (κ3) is 86.3. The average Bonchev–Trinajstić information content (AvgIpc) is 1.02. The molecule has 0 bridgehead atoms. The summed E-state index contributed by atoms with van der Waals surface area (Å²) in [5, 5.41) is 0. The van der Waals surface area contributed by atoms with Crippen LogP contribution in [0.2, 0.25) is 0 Å². The predicted molar refractivity (Wildman–Crippen MR) is 439 cm³/mol. The highest BCUT2D eigenvalue weighted by Gasteiger charge is 2.22. The first-order valence-electron chi connectivity index (χ1n) is 44.1. The molecule has 0 fully saturated rings. The molecule has 0 saturated carbocycles. The van der Waals surface area contributed by atoms with Crippen molar-refractivity contribution in [1.82, 2.24) is 0 Å². The molecule has 2 atom stereocenters. The second kappa shape index (κ2) is 81.5. The van der Waals surface area contributed by atoms with Crippen LogP contribution in [0, 0.1) is 0 Å². The number of allylic oxidation sites excluding steroid dienone is 12. The summed E-state index contributed by atoms with van der Waals surface area (Å²) in [5.41, 5.74) is 0. The molecular formula is C91H170NO8P. The van der Waals surface area contributed by atoms with Gasteiger partial charge in [0.05, 0.1) is 27.7 Å². The number of unbranched alkanes of at least 4 members (excludes halogenated alkanes) is 57. The van der Waals surface area contributed by atoms with E-state index in [1.807, 2.05) is 21.1 Å². The van der Waals surface area contributed by atoms with E-state index in [-0.39, 0.29) is 32.0 Å². The van der Waals surface area contributed by atoms with E-state index in [9.17, 15) is 19.0 Å². The number of ether oxygens (including phenoxy) is 2. The Kier molecular flexibility index (Phi) is 79.5. The van der Waals surface area contributed by atoms with Crippen molar-refractivity contribution in [3.8, 4) is 0 Å². The summed E-state index contributed by atoms with van der Waals surface area (Å²) < 4.78 is 34.5. The zero-order valence-corrected chi connectivity index (χ0v) is 68.8. The fourth-order valence-electron chi connectivity index (χ4n) is 13.3. The van der Waals surface area contributed by atoms with Crippen LogP contribution in [0.5, 0.6) is 0 Å². The third-order valence-electron chi connectivity index (χ3n) is 20.0. The molecule has 10 heteroatoms. The summed E-state index contributed by atoms with van der Waals surface area (Å²) in [6, 6.07) is 0. The number of phosphoric ester groups is 1. The smallest absolute Gasteiger partial charge is 0.306 e. The van der Waals surface area contributed by atoms with Gasteiger partial charge in [-0.05, 0) is 64.2 Å². The summed E-state index contributed by atoms with van der Waals surface area (Å²) in [4.78, 5) is 38.3. The van der Waals surface area contributed by atoms with Gasteiger partial charge in [0.25, 0.3) is 7.82 Å². The van der Waals surface area contributed by atoms with Crippen LogP contribution in [-0.4, -0.2) is 70.0 Å². The maximum absolute atomic E-state index is 12.9. The molecule has 0 rings (SSSR count). The first-order valence-corrected chi connectivity index (χ1v) is 45.6. The largest absolute Gasteiger partial charge is 0.756 e. The van der Waals surface area contributed by atoms with Gasteiger partial charge in [0, 0.05) is 12.8 Å². The van der Waals surface area contributed by atoms with Gasteiger partial charge in [0.15, 0.2) is 6.10 Å². The van der Waals surface area contributed by atoms with E-state index in [1.165, 1.54) is 340 Å². The minimum atomic E-state index is -4.65. The summed E-state index contributed by atoms with van der Waals surface area (Å²) in [7, 11) is 1.19. The minimum absolute atomic E-state index is 0.0283. The minimum Gasteiger partial charge on any atom is -0.756 e. The van der Waals surface area contributed by atoms with Crippen LogP contribution in [0.4, 0.5) is 0 Å². The molecule has 9 nitrogen and oxygen atoms in total. The zero-order valence-electron chi connectivity index (χ0n) is 67.9. The van der Waals surface area contributed by atoms with E-state index in [2.05, 4.69) is 86.8 Å². The number of hydrogen-bond donors (Lipinski definition) is 0. The van der Waals surface area contributed by atoms with E-state index in [1.54, 1.807) is 0 Å². The van der Waals surface area contributed by atoms with Crippen molar-refractivity contribution < 1.29 is 42.1 Å². The summed E-state index contributed by atoms with van der Waals surface area (Å²) >= 11 is 0. The summed E-state index contributed by atoms with van der Waals surface area (Å²) in [6.45, 7) is 4.21. The molecule has 592 valence electrons. The molecule has 0 aliphatic carbocycles. The Labute approximate surface area is 629 Å². The molecule has 2 unspecified atom stereocenters. The number of likely N-dealkylation sites (N-methyl/N-ethyl adjacent to an activating group) is 1. The molecule has 0 aliphatic heterocycles. The number of hydrogen-bond acceptors (Lipinski definition) is 8. The van der Waals surface area contributed by atoms with Crippen LogP contribution in [0.1, 0.15) is 444 Å². The Bertz CT molecular complexity index is 1940. The van der Waals surface area contributed by atoms with E-state index in [0.717, 1.165) is 70.6 Å². The molecule has 0 saturated heterocycles. The van der Waals surface area contributed by atoms with Gasteiger partial charge >= 0.3 is 11.9 Å². The number of esters is 2. The van der Waals surface area contributed by atoms with Gasteiger partial charge in [0.2, 0.25) is 0 Å². The lowest BCUT2D eigenvalue weighted by atomic mass is 10.0. The number of carbonyl (C=O) groups excluding carboxylic acids is 2. The normalized spacial score (nSPS) is 13.3. The summed E-state index contributed by atoms with van der Waals surface area (Å²) in [5.74, 6) is -0.807. The lowest BCUT2D eigenvalue weighted by molar-refractivity contribution is -0.870. The number of phosphoric acid groups is 1. The monoisotopic (exact) mass is 1440 g/mol. The predicted octanol–water partition coefficient (Wildman–Crippen LogP) is 29.2. The van der Waals surface area contributed by atoms with Gasteiger partial charge in [-0.25, -0.2) is 0 Å². The fourth-order valence-corrected chi connectivity index (χ4v) is 14.0. The molecule has 0 amide bonds. The van der Waals surface area contributed by atoms with E-state index >= 15 is 0 Å². The molecule has 0 aromatic rings. The first-order chi connectivity index (χ1) is 49.5. The highest BCUT2D eigenvalue weighted by Crippen LogP contribution is 2.38. The third-order valence-corrected chi connectivity index (χ3v) is 21.0. The topological polar surface area (TPSA) is 111 Å². The van der Waals surface area contributed by atoms with Crippen LogP contribution in [0.15, 0.2) is 72.9 Å². The molecule has 0 aromatic carbocycles. The Morgan fingerprint density at radius 3 is 0.842 bits per heavy atom. The highest BCUT2D eigenvalue weighted by molar-refractivity contribution is 7.45. The van der Waals surface area contributed by atoms with Crippen molar-refractivity contribution in [1.29, 1.82) is 0 Å². The van der Waals surface area contributed by atoms with Crippen LogP contribution in [0.3, 0.4) is 0 Å². The lowest BCUT2D eigenvalue weighted by Gasteiger charge is -2.28. The Morgan fingerprint density at radius 2 is 0.564 bits per heavy atom. The van der Waals surface area contributed by atoms with Crippen molar-refractivity contribution in [2.45, 2.75) is 450 Å². The van der Waals surface area contributed by atoms with Crippen molar-refractivity contribution in [2.24, 2.45) is 0 Å². The number of carbonyl (C=O) groups is 2. The Morgan fingerprint density at radius 1 is 0.317 bits per heavy atom. The molecule has 0 aliphatic rings. The summed E-state index contributed by atoms with van der Waals surface area (Å²) in [6.07, 6.45) is 112. The Balaban J connectivity index is 3.86. The molecule has 0 heterocycles. The zero-order chi connectivity index (χ0) is 73.3. The lowest BCUT2D eigenvalue weighted by Crippen LogP contribution is -2.37. The van der Waals surface area contributed by atoms with Crippen molar-refractivity contribution in [3.05, 3.63) is 72.9 Å². The van der Waals surface area contributed by atoms with Gasteiger partial charge in [-0.1, -0.05) is 440 Å². The van der Waals surface area contributed by atoms with Crippen LogP contribution in [-0.2, 0) is 32.7 Å². The standard InChI is InChI=1S/C91H170NO8P/c1-6-8-10-12-14-16-18-20-22-24-26-28-30-32-34-36-38-40-42-44-45-46-47-48-50-52-54-56-58-60-62-64-66-68-70-72-74-76-78-80-82-84-91(94)100-89(88-99-101(95,96)98-86-85-92(3,4)5)87-97-90(93)83-81-79-77-75-73-71-69-67-65-63-61-59-57-55-53-51-49-43-41-39-37-35-33-31-29-27-25-23-21-19-17-15-13-11-9-7-2/h8,10,14,16,20,22,26,28,32,34,38,40,89H,6-7,9,11-13,15,17-19,21,23-25,27,29-31,33,35-37,39,41-88H2,1-5H3/b10-8-,16-14-,22-20-,28-26-,34-32-,40-38-. The molecule has 0 aromatic heterocycles. The molecule has 0 spiro atoms. The average molecular weight is 1440 g/mol. The van der Waals surface area contributed by atoms with Crippen LogP contribution in [0.25, 0.3) is 0 Å². The van der Waals surface area contributed by atoms with Crippen molar-refractivity contribution in [2.75, 3.05) is 47.5 Å². The maximum Gasteiger partial charge on any atom is 0.306 e. The molecule has 0 radical (unpaired) electrons. The molecule has 0 N–H and O–H groups in total. The van der Waals surface area contributed by atoms with Gasteiger partial charge < -0.3 is 27.9 Å². The quantitative estimate of drug-likeness (QED) is 0.0195. The second-order valence-electron chi connectivity index (χ2n) is 31.2. The Hall–Kier alpha value is -2.55. The SMILES string of the molecule is CC/C=C\C/C=C\C/C=C\C/C=C\C/C=C\C/C=C\CCCCCCCCCCCCCCCCCCCCCCCCC(=O)OC(COC(=O)CCCCCCCCCCCCCCCCCCCCCCCCCCCCCCCCCCCCCC)COP(=O)([O-])OCC[N+](C)(C)C. The van der Waals surface area contributed by atoms with Gasteiger partial charge in [-0.15, -0.1) is 0 Å². The fraction of sp³-hybridized carbons (Fsp3) is 0.846. The van der Waals surface area contributed by atoms with E-state index < -0.39 is 26.5 Å². The van der Waals surface area contributed by atoms with E-state index in [4.69, 9.17) is 18.5 Å². The second-order valence-corrected chi connectivity index (χ2v) is 32.7. The van der Waals surface area contributed by atoms with E-state index in [0.29, 0.717) is 17.4 Å². The van der Waals surface area contributed by atoms with Gasteiger partial charge in [-0.2, -0.15) is 0 Å².